The van der Waals surface area contributed by atoms with Crippen LogP contribution in [0.15, 0.2) is 24.3 Å². The molecule has 2 aliphatic heterocycles. The van der Waals surface area contributed by atoms with Crippen LogP contribution < -0.4 is 9.64 Å². The summed E-state index contributed by atoms with van der Waals surface area (Å²) in [5, 5.41) is 8.91. The molecule has 3 rings (SSSR count). The number of para-hydroxylation sites is 2. The summed E-state index contributed by atoms with van der Waals surface area (Å²) < 4.78 is 19.6. The van der Waals surface area contributed by atoms with E-state index in [0.29, 0.717) is 11.4 Å². The minimum atomic E-state index is -2.42. The molecule has 2 atom stereocenters. The summed E-state index contributed by atoms with van der Waals surface area (Å²) in [6, 6.07) is 6.83. The molecule has 128 valence electrons. The number of carboxylic acid groups (broad SMARTS) is 1. The van der Waals surface area contributed by atoms with E-state index in [1.54, 1.807) is 31.2 Å². The fraction of sp³-hybridized carbons (Fsp3) is 0.438. The van der Waals surface area contributed by atoms with Gasteiger partial charge < -0.3 is 14.7 Å². The number of amides is 2. The quantitative estimate of drug-likeness (QED) is 0.883. The Morgan fingerprint density at radius 2 is 2.12 bits per heavy atom. The summed E-state index contributed by atoms with van der Waals surface area (Å²) in [5.41, 5.74) is -1.95. The van der Waals surface area contributed by atoms with E-state index < -0.39 is 30.2 Å². The number of rotatable bonds is 3. The molecule has 1 saturated heterocycles. The zero-order chi connectivity index (χ0) is 17.5. The van der Waals surface area contributed by atoms with Crippen molar-refractivity contribution in [3.8, 4) is 5.75 Å². The zero-order valence-electron chi connectivity index (χ0n) is 13.1. The van der Waals surface area contributed by atoms with Gasteiger partial charge in [-0.25, -0.2) is 9.18 Å². The minimum Gasteiger partial charge on any atom is -0.479 e. The minimum absolute atomic E-state index is 0.0113. The number of carboxylic acids is 1. The van der Waals surface area contributed by atoms with Gasteiger partial charge >= 0.3 is 5.97 Å². The van der Waals surface area contributed by atoms with Gasteiger partial charge in [0.05, 0.1) is 12.2 Å². The first-order valence-electron chi connectivity index (χ1n) is 7.59. The SMILES string of the molecule is CC1Oc2ccccc2N(CC(=O)N2CCC(F)(C(=O)O)C2)C1=O. The fourth-order valence-electron chi connectivity index (χ4n) is 2.92. The van der Waals surface area contributed by atoms with Gasteiger partial charge in [-0.05, 0) is 19.1 Å². The van der Waals surface area contributed by atoms with Crippen LogP contribution in [0.3, 0.4) is 0 Å². The summed E-state index contributed by atoms with van der Waals surface area (Å²) in [4.78, 5) is 38.1. The average Bonchev–Trinajstić information content (AvgIpc) is 2.96. The monoisotopic (exact) mass is 336 g/mol. The number of alkyl halides is 1. The summed E-state index contributed by atoms with van der Waals surface area (Å²) in [7, 11) is 0. The number of aliphatic carboxylic acids is 1. The Kier molecular flexibility index (Phi) is 3.90. The highest BCUT2D eigenvalue weighted by Gasteiger charge is 2.47. The van der Waals surface area contributed by atoms with Crippen LogP contribution in [0.4, 0.5) is 10.1 Å². The maximum absolute atomic E-state index is 14.1. The second kappa shape index (κ2) is 5.77. The van der Waals surface area contributed by atoms with Gasteiger partial charge in [-0.15, -0.1) is 0 Å². The normalized spacial score (nSPS) is 26.1. The topological polar surface area (TPSA) is 87.2 Å². The van der Waals surface area contributed by atoms with Crippen LogP contribution in [0.5, 0.6) is 5.75 Å². The van der Waals surface area contributed by atoms with Crippen molar-refractivity contribution in [3.05, 3.63) is 24.3 Å². The molecule has 0 aromatic heterocycles. The van der Waals surface area contributed by atoms with Gasteiger partial charge in [0.15, 0.2) is 6.10 Å². The molecular formula is C16H17FN2O5. The van der Waals surface area contributed by atoms with E-state index >= 15 is 0 Å². The highest BCUT2D eigenvalue weighted by Crippen LogP contribution is 2.34. The van der Waals surface area contributed by atoms with Gasteiger partial charge in [0, 0.05) is 13.0 Å². The van der Waals surface area contributed by atoms with Crippen molar-refractivity contribution in [3.63, 3.8) is 0 Å². The molecule has 1 fully saturated rings. The number of hydrogen-bond acceptors (Lipinski definition) is 4. The number of halogens is 1. The second-order valence-electron chi connectivity index (χ2n) is 5.99. The van der Waals surface area contributed by atoms with E-state index in [9.17, 15) is 18.8 Å². The predicted molar refractivity (Wildman–Crippen MR) is 81.6 cm³/mol. The molecule has 2 amide bonds. The Bertz CT molecular complexity index is 709. The molecule has 8 heteroatoms. The lowest BCUT2D eigenvalue weighted by atomic mass is 10.1. The third-order valence-electron chi connectivity index (χ3n) is 4.32. The number of carbonyl (C=O) groups is 3. The Morgan fingerprint density at radius 3 is 2.79 bits per heavy atom. The highest BCUT2D eigenvalue weighted by atomic mass is 19.1. The van der Waals surface area contributed by atoms with Gasteiger partial charge in [0.2, 0.25) is 11.6 Å². The number of likely N-dealkylation sites (tertiary alicyclic amines) is 1. The average molecular weight is 336 g/mol. The van der Waals surface area contributed by atoms with E-state index in [2.05, 4.69) is 0 Å². The van der Waals surface area contributed by atoms with Crippen molar-refractivity contribution in [1.29, 1.82) is 0 Å². The Morgan fingerprint density at radius 1 is 1.42 bits per heavy atom. The van der Waals surface area contributed by atoms with Crippen molar-refractivity contribution in [2.24, 2.45) is 0 Å². The molecule has 1 N–H and O–H groups in total. The van der Waals surface area contributed by atoms with Gasteiger partial charge in [-0.3, -0.25) is 14.5 Å². The maximum atomic E-state index is 14.1. The molecule has 7 nitrogen and oxygen atoms in total. The van der Waals surface area contributed by atoms with Crippen molar-refractivity contribution >= 4 is 23.5 Å². The summed E-state index contributed by atoms with van der Waals surface area (Å²) in [5.74, 6) is -1.94. The number of hydrogen-bond donors (Lipinski definition) is 1. The molecule has 0 saturated carbocycles. The van der Waals surface area contributed by atoms with Crippen LogP contribution in [0.25, 0.3) is 0 Å². The molecule has 0 radical (unpaired) electrons. The van der Waals surface area contributed by atoms with Crippen molar-refractivity contribution in [2.75, 3.05) is 24.5 Å². The zero-order valence-corrected chi connectivity index (χ0v) is 13.1. The smallest absolute Gasteiger partial charge is 0.343 e. The van der Waals surface area contributed by atoms with Crippen molar-refractivity contribution in [2.45, 2.75) is 25.1 Å². The summed E-state index contributed by atoms with van der Waals surface area (Å²) >= 11 is 0. The lowest BCUT2D eigenvalue weighted by Crippen LogP contribution is -2.50. The van der Waals surface area contributed by atoms with E-state index in [1.165, 1.54) is 4.90 Å². The second-order valence-corrected chi connectivity index (χ2v) is 5.99. The summed E-state index contributed by atoms with van der Waals surface area (Å²) in [6.07, 6.45) is -0.983. The molecule has 1 aromatic carbocycles. The van der Waals surface area contributed by atoms with Gasteiger partial charge in [0.25, 0.3) is 5.91 Å². The molecule has 2 aliphatic rings. The number of benzene rings is 1. The predicted octanol–water partition coefficient (Wildman–Crippen LogP) is 0.826. The van der Waals surface area contributed by atoms with E-state index in [4.69, 9.17) is 9.84 Å². The van der Waals surface area contributed by atoms with Crippen LogP contribution in [0.2, 0.25) is 0 Å². The third kappa shape index (κ3) is 2.68. The lowest BCUT2D eigenvalue weighted by Gasteiger charge is -2.33. The Hall–Kier alpha value is -2.64. The molecule has 2 heterocycles. The van der Waals surface area contributed by atoms with Crippen LogP contribution >= 0.6 is 0 Å². The number of nitrogens with zero attached hydrogens (tertiary/aromatic N) is 2. The van der Waals surface area contributed by atoms with Crippen molar-refractivity contribution < 1.29 is 28.6 Å². The van der Waals surface area contributed by atoms with Crippen molar-refractivity contribution in [1.82, 2.24) is 4.90 Å². The molecule has 1 aromatic rings. The first kappa shape index (κ1) is 16.2. The Labute approximate surface area is 137 Å². The number of carbonyl (C=O) groups excluding carboxylic acids is 2. The summed E-state index contributed by atoms with van der Waals surface area (Å²) in [6.45, 7) is 0.816. The first-order chi connectivity index (χ1) is 11.3. The number of fused-ring (bicyclic) bond motifs is 1. The Balaban J connectivity index is 1.77. The van der Waals surface area contributed by atoms with Crippen LogP contribution in [-0.4, -0.2) is 59.2 Å². The molecular weight excluding hydrogens is 319 g/mol. The number of anilines is 1. The largest absolute Gasteiger partial charge is 0.479 e. The van der Waals surface area contributed by atoms with Crippen LogP contribution in [0, 0.1) is 0 Å². The molecule has 2 unspecified atom stereocenters. The molecule has 24 heavy (non-hydrogen) atoms. The first-order valence-corrected chi connectivity index (χ1v) is 7.59. The van der Waals surface area contributed by atoms with Crippen LogP contribution in [0.1, 0.15) is 13.3 Å². The lowest BCUT2D eigenvalue weighted by molar-refractivity contribution is -0.150. The molecule has 0 aliphatic carbocycles. The van der Waals surface area contributed by atoms with Gasteiger partial charge in [-0.1, -0.05) is 12.1 Å². The molecule has 0 bridgehead atoms. The van der Waals surface area contributed by atoms with Gasteiger partial charge in [-0.2, -0.15) is 0 Å². The standard InChI is InChI=1S/C16H17FN2O5/c1-10-14(21)19(11-4-2-3-5-12(11)24-10)8-13(20)18-7-6-16(17,9-18)15(22)23/h2-5,10H,6-9H2,1H3,(H,22,23). The third-order valence-corrected chi connectivity index (χ3v) is 4.32. The highest BCUT2D eigenvalue weighted by molar-refractivity contribution is 6.03. The van der Waals surface area contributed by atoms with E-state index in [1.807, 2.05) is 0 Å². The molecule has 0 spiro atoms. The van der Waals surface area contributed by atoms with Gasteiger partial charge in [0.1, 0.15) is 12.3 Å². The van der Waals surface area contributed by atoms with Crippen LogP contribution in [-0.2, 0) is 14.4 Å². The maximum Gasteiger partial charge on any atom is 0.343 e. The van der Waals surface area contributed by atoms with E-state index in [-0.39, 0.29) is 25.4 Å². The number of ether oxygens (including phenoxy) is 1. The van der Waals surface area contributed by atoms with E-state index in [0.717, 1.165) is 4.90 Å². The fourth-order valence-corrected chi connectivity index (χ4v) is 2.92.